The second-order valence-corrected chi connectivity index (χ2v) is 6.53. The van der Waals surface area contributed by atoms with E-state index in [9.17, 15) is 5.11 Å². The van der Waals surface area contributed by atoms with Crippen molar-refractivity contribution < 1.29 is 5.11 Å². The van der Waals surface area contributed by atoms with Gasteiger partial charge in [-0.1, -0.05) is 25.5 Å². The van der Waals surface area contributed by atoms with Crippen LogP contribution in [0.5, 0.6) is 5.75 Å². The number of fused-ring (bicyclic) bond motifs is 2. The fourth-order valence-electron chi connectivity index (χ4n) is 4.32. The summed E-state index contributed by atoms with van der Waals surface area (Å²) in [7, 11) is 0. The highest BCUT2D eigenvalue weighted by atomic mass is 16.3. The zero-order chi connectivity index (χ0) is 13.3. The normalized spacial score (nSPS) is 31.3. The van der Waals surface area contributed by atoms with Gasteiger partial charge in [0.1, 0.15) is 5.75 Å². The van der Waals surface area contributed by atoms with Crippen LogP contribution in [0.2, 0.25) is 0 Å². The van der Waals surface area contributed by atoms with Crippen molar-refractivity contribution in [2.24, 2.45) is 5.92 Å². The average Bonchev–Trinajstić information content (AvgIpc) is 2.39. The van der Waals surface area contributed by atoms with Crippen LogP contribution in [0.4, 0.5) is 0 Å². The lowest BCUT2D eigenvalue weighted by Crippen LogP contribution is -2.52. The van der Waals surface area contributed by atoms with E-state index in [2.05, 4.69) is 17.9 Å². The zero-order valence-electron chi connectivity index (χ0n) is 11.9. The quantitative estimate of drug-likeness (QED) is 0.897. The van der Waals surface area contributed by atoms with Gasteiger partial charge >= 0.3 is 0 Å². The van der Waals surface area contributed by atoms with E-state index >= 15 is 0 Å². The third-order valence-electron chi connectivity index (χ3n) is 4.99. The maximum atomic E-state index is 9.79. The van der Waals surface area contributed by atoms with Crippen LogP contribution in [0.3, 0.4) is 0 Å². The Morgan fingerprint density at radius 1 is 1.42 bits per heavy atom. The Kier molecular flexibility index (Phi) is 3.53. The number of benzene rings is 1. The average molecular weight is 259 g/mol. The third kappa shape index (κ3) is 2.51. The Balaban J connectivity index is 1.91. The molecule has 19 heavy (non-hydrogen) atoms. The predicted molar refractivity (Wildman–Crippen MR) is 78.5 cm³/mol. The number of rotatable bonds is 3. The van der Waals surface area contributed by atoms with Crippen molar-refractivity contribution >= 4 is 0 Å². The van der Waals surface area contributed by atoms with Gasteiger partial charge in [0.05, 0.1) is 0 Å². The van der Waals surface area contributed by atoms with Crippen molar-refractivity contribution in [3.8, 4) is 5.75 Å². The first kappa shape index (κ1) is 13.0. The molecule has 1 aromatic carbocycles. The molecule has 1 aliphatic heterocycles. The van der Waals surface area contributed by atoms with E-state index in [0.717, 1.165) is 5.92 Å². The number of aromatic hydroxyl groups is 1. The SMILES string of the molecule is CCCN1CC2CCCC(c3cccc(O)c3)(C2)C1. The van der Waals surface area contributed by atoms with Crippen molar-refractivity contribution in [1.29, 1.82) is 0 Å². The summed E-state index contributed by atoms with van der Waals surface area (Å²) in [4.78, 5) is 2.65. The number of hydrogen-bond acceptors (Lipinski definition) is 2. The highest BCUT2D eigenvalue weighted by Crippen LogP contribution is 2.46. The fraction of sp³-hybridized carbons (Fsp3) is 0.647. The van der Waals surface area contributed by atoms with E-state index in [1.54, 1.807) is 6.07 Å². The van der Waals surface area contributed by atoms with Gasteiger partial charge in [-0.15, -0.1) is 0 Å². The Morgan fingerprint density at radius 2 is 2.32 bits per heavy atom. The first-order valence-corrected chi connectivity index (χ1v) is 7.74. The van der Waals surface area contributed by atoms with Gasteiger partial charge < -0.3 is 10.0 Å². The molecule has 3 rings (SSSR count). The molecule has 0 amide bonds. The van der Waals surface area contributed by atoms with Crippen molar-refractivity contribution in [2.45, 2.75) is 44.4 Å². The molecule has 2 unspecified atom stereocenters. The van der Waals surface area contributed by atoms with E-state index in [1.165, 1.54) is 57.3 Å². The standard InChI is InChI=1S/C17H25NO/c1-2-9-18-12-14-5-4-8-17(11-14,13-18)15-6-3-7-16(19)10-15/h3,6-7,10,14,19H,2,4-5,8-9,11-13H2,1H3. The molecule has 1 heterocycles. The molecule has 0 radical (unpaired) electrons. The van der Waals surface area contributed by atoms with Crippen molar-refractivity contribution in [3.63, 3.8) is 0 Å². The number of nitrogens with zero attached hydrogens (tertiary/aromatic N) is 1. The van der Waals surface area contributed by atoms with Crippen LogP contribution in [0.25, 0.3) is 0 Å². The number of phenolic OH excluding ortho intramolecular Hbond substituents is 1. The Morgan fingerprint density at radius 3 is 3.11 bits per heavy atom. The first-order chi connectivity index (χ1) is 9.22. The maximum Gasteiger partial charge on any atom is 0.115 e. The zero-order valence-corrected chi connectivity index (χ0v) is 11.9. The molecule has 1 aliphatic carbocycles. The number of likely N-dealkylation sites (tertiary alicyclic amines) is 1. The van der Waals surface area contributed by atoms with E-state index < -0.39 is 0 Å². The lowest BCUT2D eigenvalue weighted by Gasteiger charge is -2.50. The molecule has 0 aromatic heterocycles. The van der Waals surface area contributed by atoms with E-state index in [1.807, 2.05) is 12.1 Å². The van der Waals surface area contributed by atoms with Gasteiger partial charge in [-0.2, -0.15) is 0 Å². The van der Waals surface area contributed by atoms with Crippen molar-refractivity contribution in [1.82, 2.24) is 4.90 Å². The highest BCUT2D eigenvalue weighted by molar-refractivity contribution is 5.34. The first-order valence-electron chi connectivity index (χ1n) is 7.74. The molecule has 104 valence electrons. The summed E-state index contributed by atoms with van der Waals surface area (Å²) in [5.41, 5.74) is 1.66. The summed E-state index contributed by atoms with van der Waals surface area (Å²) in [5, 5.41) is 9.79. The van der Waals surface area contributed by atoms with Gasteiger partial charge in [-0.25, -0.2) is 0 Å². The fourth-order valence-corrected chi connectivity index (χ4v) is 4.32. The maximum absolute atomic E-state index is 9.79. The minimum absolute atomic E-state index is 0.301. The number of hydrogen-bond donors (Lipinski definition) is 1. The van der Waals surface area contributed by atoms with Gasteiger partial charge in [0.2, 0.25) is 0 Å². The Labute approximate surface area is 116 Å². The molecule has 1 saturated carbocycles. The minimum Gasteiger partial charge on any atom is -0.508 e. The molecular formula is C17H25NO. The summed E-state index contributed by atoms with van der Waals surface area (Å²) in [5.74, 6) is 1.28. The Hall–Kier alpha value is -1.02. The third-order valence-corrected chi connectivity index (χ3v) is 4.99. The summed E-state index contributed by atoms with van der Waals surface area (Å²) in [6.07, 6.45) is 6.58. The molecular weight excluding hydrogens is 234 g/mol. The summed E-state index contributed by atoms with van der Waals surface area (Å²) in [6, 6.07) is 8.00. The summed E-state index contributed by atoms with van der Waals surface area (Å²) < 4.78 is 0. The van der Waals surface area contributed by atoms with Gasteiger partial charge in [0.25, 0.3) is 0 Å². The van der Waals surface area contributed by atoms with Crippen molar-refractivity contribution in [3.05, 3.63) is 29.8 Å². The summed E-state index contributed by atoms with van der Waals surface area (Å²) in [6.45, 7) is 5.96. The van der Waals surface area contributed by atoms with Crippen LogP contribution in [0.15, 0.2) is 24.3 Å². The van der Waals surface area contributed by atoms with E-state index in [0.29, 0.717) is 11.2 Å². The van der Waals surface area contributed by atoms with E-state index in [-0.39, 0.29) is 0 Å². The molecule has 2 aliphatic rings. The number of phenols is 1. The van der Waals surface area contributed by atoms with Gasteiger partial charge in [-0.3, -0.25) is 0 Å². The smallest absolute Gasteiger partial charge is 0.115 e. The molecule has 2 nitrogen and oxygen atoms in total. The van der Waals surface area contributed by atoms with E-state index in [4.69, 9.17) is 0 Å². The molecule has 1 saturated heterocycles. The highest BCUT2D eigenvalue weighted by Gasteiger charge is 2.43. The molecule has 2 atom stereocenters. The molecule has 2 fully saturated rings. The summed E-state index contributed by atoms with van der Waals surface area (Å²) >= 11 is 0. The van der Waals surface area contributed by atoms with Gasteiger partial charge in [0, 0.05) is 18.5 Å². The molecule has 1 aromatic rings. The molecule has 2 bridgehead atoms. The van der Waals surface area contributed by atoms with Crippen LogP contribution in [-0.2, 0) is 5.41 Å². The lowest BCUT2D eigenvalue weighted by atomic mass is 9.63. The van der Waals surface area contributed by atoms with Crippen LogP contribution < -0.4 is 0 Å². The second kappa shape index (κ2) is 5.16. The number of piperidine rings is 1. The van der Waals surface area contributed by atoms with Crippen LogP contribution in [0, 0.1) is 5.92 Å². The Bertz CT molecular complexity index is 445. The van der Waals surface area contributed by atoms with Gasteiger partial charge in [-0.05, 0) is 55.8 Å². The molecule has 1 N–H and O–H groups in total. The lowest BCUT2D eigenvalue weighted by molar-refractivity contribution is 0.0594. The molecule has 0 spiro atoms. The van der Waals surface area contributed by atoms with Crippen LogP contribution in [-0.4, -0.2) is 29.6 Å². The van der Waals surface area contributed by atoms with Gasteiger partial charge in [0.15, 0.2) is 0 Å². The van der Waals surface area contributed by atoms with Crippen LogP contribution >= 0.6 is 0 Å². The largest absolute Gasteiger partial charge is 0.508 e. The minimum atomic E-state index is 0.301. The van der Waals surface area contributed by atoms with Crippen LogP contribution in [0.1, 0.15) is 44.6 Å². The topological polar surface area (TPSA) is 23.5 Å². The molecule has 2 heteroatoms. The van der Waals surface area contributed by atoms with Crippen molar-refractivity contribution in [2.75, 3.05) is 19.6 Å². The predicted octanol–water partition coefficient (Wildman–Crippen LogP) is 3.55. The monoisotopic (exact) mass is 259 g/mol. The second-order valence-electron chi connectivity index (χ2n) is 6.53.